The molecular formula is C23H18INO2. The number of benzene rings is 3. The lowest BCUT2D eigenvalue weighted by atomic mass is 10.0. The molecule has 0 atom stereocenters. The van der Waals surface area contributed by atoms with Crippen LogP contribution in [0.4, 0.5) is 0 Å². The van der Waals surface area contributed by atoms with Gasteiger partial charge in [-0.2, -0.15) is 5.26 Å². The smallest absolute Gasteiger partial charge is 0.174 e. The zero-order valence-corrected chi connectivity index (χ0v) is 17.0. The maximum atomic E-state index is 9.53. The van der Waals surface area contributed by atoms with Crippen LogP contribution in [0.5, 0.6) is 11.5 Å². The Labute approximate surface area is 173 Å². The van der Waals surface area contributed by atoms with Crippen LogP contribution in [0.15, 0.2) is 72.8 Å². The fourth-order valence-corrected chi connectivity index (χ4v) is 3.44. The molecule has 0 aliphatic heterocycles. The van der Waals surface area contributed by atoms with Gasteiger partial charge in [-0.15, -0.1) is 0 Å². The molecular weight excluding hydrogens is 449 g/mol. The molecule has 3 rings (SSSR count). The number of halogens is 1. The third-order valence-electron chi connectivity index (χ3n) is 3.99. The van der Waals surface area contributed by atoms with Crippen LogP contribution in [-0.4, -0.2) is 7.11 Å². The van der Waals surface area contributed by atoms with E-state index in [0.29, 0.717) is 23.7 Å². The molecule has 0 radical (unpaired) electrons. The summed E-state index contributed by atoms with van der Waals surface area (Å²) in [5.41, 5.74) is 3.48. The molecule has 0 aliphatic carbocycles. The molecule has 0 saturated heterocycles. The standard InChI is InChI=1S/C23H18INO2/c1-26-22-14-18(12-20(15-25)19-10-6-3-7-11-19)13-21(24)23(22)27-16-17-8-4-2-5-9-17/h2-14H,16H2,1H3/b20-12-. The van der Waals surface area contributed by atoms with Crippen LogP contribution in [0, 0.1) is 14.9 Å². The van der Waals surface area contributed by atoms with Crippen molar-refractivity contribution < 1.29 is 9.47 Å². The number of hydrogen-bond donors (Lipinski definition) is 0. The van der Waals surface area contributed by atoms with Crippen LogP contribution in [0.2, 0.25) is 0 Å². The van der Waals surface area contributed by atoms with Gasteiger partial charge in [0.15, 0.2) is 11.5 Å². The Balaban J connectivity index is 1.89. The molecule has 0 unspecified atom stereocenters. The molecule has 27 heavy (non-hydrogen) atoms. The highest BCUT2D eigenvalue weighted by Gasteiger charge is 2.12. The Morgan fingerprint density at radius 2 is 1.70 bits per heavy atom. The van der Waals surface area contributed by atoms with E-state index in [1.165, 1.54) is 0 Å². The van der Waals surface area contributed by atoms with Crippen molar-refractivity contribution in [3.05, 3.63) is 93.1 Å². The second-order valence-corrected chi connectivity index (χ2v) is 7.01. The highest BCUT2D eigenvalue weighted by atomic mass is 127. The Morgan fingerprint density at radius 3 is 2.33 bits per heavy atom. The summed E-state index contributed by atoms with van der Waals surface area (Å²) in [6, 6.07) is 25.8. The van der Waals surface area contributed by atoms with E-state index in [0.717, 1.165) is 20.3 Å². The zero-order valence-electron chi connectivity index (χ0n) is 14.9. The maximum Gasteiger partial charge on any atom is 0.174 e. The van der Waals surface area contributed by atoms with Gasteiger partial charge in [0.1, 0.15) is 6.61 Å². The Hall–Kier alpha value is -2.78. The van der Waals surface area contributed by atoms with Crippen molar-refractivity contribution in [1.82, 2.24) is 0 Å². The van der Waals surface area contributed by atoms with Gasteiger partial charge in [0.25, 0.3) is 0 Å². The molecule has 134 valence electrons. The first-order chi connectivity index (χ1) is 13.2. The number of allylic oxidation sites excluding steroid dienone is 1. The SMILES string of the molecule is COc1cc(/C=C(/C#N)c2ccccc2)cc(I)c1OCc1ccccc1. The van der Waals surface area contributed by atoms with E-state index < -0.39 is 0 Å². The second kappa shape index (κ2) is 9.24. The first-order valence-corrected chi connectivity index (χ1v) is 9.50. The minimum atomic E-state index is 0.468. The molecule has 0 bridgehead atoms. The maximum absolute atomic E-state index is 9.53. The average Bonchev–Trinajstić information content (AvgIpc) is 2.72. The highest BCUT2D eigenvalue weighted by Crippen LogP contribution is 2.35. The number of rotatable bonds is 6. The lowest BCUT2D eigenvalue weighted by Gasteiger charge is -2.14. The van der Waals surface area contributed by atoms with Crippen molar-refractivity contribution >= 4 is 34.2 Å². The van der Waals surface area contributed by atoms with Crippen LogP contribution in [0.25, 0.3) is 11.6 Å². The van der Waals surface area contributed by atoms with Crippen LogP contribution in [-0.2, 0) is 6.61 Å². The topological polar surface area (TPSA) is 42.2 Å². The van der Waals surface area contributed by atoms with E-state index in [2.05, 4.69) is 28.7 Å². The second-order valence-electron chi connectivity index (χ2n) is 5.84. The van der Waals surface area contributed by atoms with Gasteiger partial charge in [-0.1, -0.05) is 60.7 Å². The molecule has 3 aromatic carbocycles. The van der Waals surface area contributed by atoms with Crippen molar-refractivity contribution in [1.29, 1.82) is 5.26 Å². The summed E-state index contributed by atoms with van der Waals surface area (Å²) < 4.78 is 12.5. The van der Waals surface area contributed by atoms with E-state index >= 15 is 0 Å². The number of methoxy groups -OCH3 is 1. The number of ether oxygens (including phenoxy) is 2. The highest BCUT2D eigenvalue weighted by molar-refractivity contribution is 14.1. The molecule has 0 heterocycles. The third-order valence-corrected chi connectivity index (χ3v) is 4.80. The molecule has 0 amide bonds. The molecule has 4 heteroatoms. The number of hydrogen-bond acceptors (Lipinski definition) is 3. The normalized spacial score (nSPS) is 10.9. The van der Waals surface area contributed by atoms with E-state index in [1.807, 2.05) is 78.9 Å². The Morgan fingerprint density at radius 1 is 1.04 bits per heavy atom. The fraction of sp³-hybridized carbons (Fsp3) is 0.0870. The van der Waals surface area contributed by atoms with Gasteiger partial charge < -0.3 is 9.47 Å². The summed E-state index contributed by atoms with van der Waals surface area (Å²) in [6.45, 7) is 0.468. The molecule has 3 aromatic rings. The molecule has 0 aliphatic rings. The monoisotopic (exact) mass is 467 g/mol. The largest absolute Gasteiger partial charge is 0.493 e. The summed E-state index contributed by atoms with van der Waals surface area (Å²) in [4.78, 5) is 0. The molecule has 3 nitrogen and oxygen atoms in total. The number of nitriles is 1. The van der Waals surface area contributed by atoms with Crippen LogP contribution in [0.3, 0.4) is 0 Å². The minimum absolute atomic E-state index is 0.468. The molecule has 0 aromatic heterocycles. The van der Waals surface area contributed by atoms with Crippen molar-refractivity contribution in [2.24, 2.45) is 0 Å². The molecule has 0 saturated carbocycles. The van der Waals surface area contributed by atoms with E-state index in [9.17, 15) is 5.26 Å². The van der Waals surface area contributed by atoms with Crippen molar-refractivity contribution in [2.45, 2.75) is 6.61 Å². The zero-order chi connectivity index (χ0) is 19.1. The third kappa shape index (κ3) is 4.89. The predicted molar refractivity (Wildman–Crippen MR) is 116 cm³/mol. The quantitative estimate of drug-likeness (QED) is 0.256. The van der Waals surface area contributed by atoms with E-state index in [1.54, 1.807) is 7.11 Å². The van der Waals surface area contributed by atoms with Gasteiger partial charge in [0.2, 0.25) is 0 Å². The van der Waals surface area contributed by atoms with Crippen molar-refractivity contribution in [3.63, 3.8) is 0 Å². The summed E-state index contributed by atoms with van der Waals surface area (Å²) in [7, 11) is 1.62. The first kappa shape index (κ1) is 19.0. The van der Waals surface area contributed by atoms with Crippen LogP contribution < -0.4 is 9.47 Å². The van der Waals surface area contributed by atoms with Gasteiger partial charge in [-0.3, -0.25) is 0 Å². The van der Waals surface area contributed by atoms with Crippen molar-refractivity contribution in [3.8, 4) is 17.6 Å². The summed E-state index contributed by atoms with van der Waals surface area (Å²) in [5, 5.41) is 9.53. The Kier molecular flexibility index (Phi) is 6.50. The van der Waals surface area contributed by atoms with Gasteiger partial charge in [0.05, 0.1) is 22.3 Å². The minimum Gasteiger partial charge on any atom is -0.493 e. The van der Waals surface area contributed by atoms with E-state index in [-0.39, 0.29) is 0 Å². The fourth-order valence-electron chi connectivity index (χ4n) is 2.66. The van der Waals surface area contributed by atoms with Gasteiger partial charge in [-0.05, 0) is 57.5 Å². The predicted octanol–water partition coefficient (Wildman–Crippen LogP) is 5.94. The summed E-state index contributed by atoms with van der Waals surface area (Å²) in [5.74, 6) is 1.35. The molecule has 0 N–H and O–H groups in total. The van der Waals surface area contributed by atoms with Crippen LogP contribution >= 0.6 is 22.6 Å². The Bertz CT molecular complexity index is 977. The van der Waals surface area contributed by atoms with Crippen LogP contribution in [0.1, 0.15) is 16.7 Å². The summed E-state index contributed by atoms with van der Waals surface area (Å²) >= 11 is 2.23. The molecule has 0 fully saturated rings. The number of nitrogens with zero attached hydrogens (tertiary/aromatic N) is 1. The molecule has 0 spiro atoms. The summed E-state index contributed by atoms with van der Waals surface area (Å²) in [6.07, 6.45) is 1.86. The van der Waals surface area contributed by atoms with Gasteiger partial charge >= 0.3 is 0 Å². The van der Waals surface area contributed by atoms with Gasteiger partial charge in [0, 0.05) is 0 Å². The lowest BCUT2D eigenvalue weighted by Crippen LogP contribution is -2.00. The van der Waals surface area contributed by atoms with E-state index in [4.69, 9.17) is 9.47 Å². The van der Waals surface area contributed by atoms with Crippen molar-refractivity contribution in [2.75, 3.05) is 7.11 Å². The lowest BCUT2D eigenvalue weighted by molar-refractivity contribution is 0.282. The van der Waals surface area contributed by atoms with Gasteiger partial charge in [-0.25, -0.2) is 0 Å². The first-order valence-electron chi connectivity index (χ1n) is 8.42. The average molecular weight is 467 g/mol.